The third-order valence-electron chi connectivity index (χ3n) is 2.52. The van der Waals surface area contributed by atoms with Crippen LogP contribution >= 0.6 is 0 Å². The number of hydrogen-bond donors (Lipinski definition) is 1. The maximum Gasteiger partial charge on any atom is 0.126 e. The highest BCUT2D eigenvalue weighted by molar-refractivity contribution is 5.20. The van der Waals surface area contributed by atoms with Crippen LogP contribution in [0.1, 0.15) is 30.9 Å². The monoisotopic (exact) mass is 198 g/mol. The van der Waals surface area contributed by atoms with Crippen LogP contribution in [0.3, 0.4) is 0 Å². The van der Waals surface area contributed by atoms with Gasteiger partial charge in [0.2, 0.25) is 0 Å². The SMILES string of the molecule is OC(CC1CC1)c1cc(F)cc(F)c1. The number of benzene rings is 1. The smallest absolute Gasteiger partial charge is 0.126 e. The van der Waals surface area contributed by atoms with Gasteiger partial charge in [-0.2, -0.15) is 0 Å². The fourth-order valence-corrected chi connectivity index (χ4v) is 1.57. The average Bonchev–Trinajstić information content (AvgIpc) is 2.86. The van der Waals surface area contributed by atoms with E-state index in [4.69, 9.17) is 0 Å². The Morgan fingerprint density at radius 2 is 1.79 bits per heavy atom. The first-order valence-electron chi connectivity index (χ1n) is 4.79. The lowest BCUT2D eigenvalue weighted by atomic mass is 10.0. The Kier molecular flexibility index (Phi) is 2.50. The second-order valence-electron chi connectivity index (χ2n) is 3.90. The highest BCUT2D eigenvalue weighted by Crippen LogP contribution is 2.37. The Bertz CT molecular complexity index is 314. The van der Waals surface area contributed by atoms with Gasteiger partial charge in [-0.05, 0) is 30.0 Å². The zero-order valence-corrected chi connectivity index (χ0v) is 7.71. The van der Waals surface area contributed by atoms with E-state index in [0.29, 0.717) is 17.9 Å². The van der Waals surface area contributed by atoms with Gasteiger partial charge in [-0.3, -0.25) is 0 Å². The van der Waals surface area contributed by atoms with E-state index >= 15 is 0 Å². The van der Waals surface area contributed by atoms with Gasteiger partial charge in [0, 0.05) is 6.07 Å². The molecule has 2 rings (SSSR count). The van der Waals surface area contributed by atoms with E-state index in [1.165, 1.54) is 12.1 Å². The molecule has 1 fully saturated rings. The lowest BCUT2D eigenvalue weighted by Crippen LogP contribution is -2.00. The van der Waals surface area contributed by atoms with Crippen molar-refractivity contribution in [2.45, 2.75) is 25.4 Å². The number of aliphatic hydroxyl groups excluding tert-OH is 1. The summed E-state index contributed by atoms with van der Waals surface area (Å²) < 4.78 is 25.6. The summed E-state index contributed by atoms with van der Waals surface area (Å²) in [6.45, 7) is 0. The molecule has 0 radical (unpaired) electrons. The molecule has 1 atom stereocenters. The molecule has 76 valence electrons. The zero-order chi connectivity index (χ0) is 10.1. The topological polar surface area (TPSA) is 20.2 Å². The van der Waals surface area contributed by atoms with Crippen LogP contribution in [0.15, 0.2) is 18.2 Å². The molecule has 14 heavy (non-hydrogen) atoms. The van der Waals surface area contributed by atoms with Crippen molar-refractivity contribution in [2.75, 3.05) is 0 Å². The lowest BCUT2D eigenvalue weighted by Gasteiger charge is -2.10. The Labute approximate surface area is 81.4 Å². The van der Waals surface area contributed by atoms with E-state index in [1.54, 1.807) is 0 Å². The molecule has 1 N–H and O–H groups in total. The molecule has 1 saturated carbocycles. The third-order valence-corrected chi connectivity index (χ3v) is 2.52. The second kappa shape index (κ2) is 3.65. The Morgan fingerprint density at radius 1 is 1.21 bits per heavy atom. The maximum absolute atomic E-state index is 12.8. The molecule has 0 amide bonds. The largest absolute Gasteiger partial charge is 0.388 e. The van der Waals surface area contributed by atoms with E-state index in [2.05, 4.69) is 0 Å². The summed E-state index contributed by atoms with van der Waals surface area (Å²) in [6, 6.07) is 3.19. The van der Waals surface area contributed by atoms with Crippen LogP contribution in [-0.4, -0.2) is 5.11 Å². The van der Waals surface area contributed by atoms with Gasteiger partial charge in [0.25, 0.3) is 0 Å². The summed E-state index contributed by atoms with van der Waals surface area (Å²) in [5.41, 5.74) is 0.342. The summed E-state index contributed by atoms with van der Waals surface area (Å²) in [7, 11) is 0. The molecule has 1 aromatic rings. The molecule has 0 aliphatic heterocycles. The molecule has 0 saturated heterocycles. The highest BCUT2D eigenvalue weighted by Gasteiger charge is 2.25. The van der Waals surface area contributed by atoms with Crippen LogP contribution in [0.4, 0.5) is 8.78 Å². The summed E-state index contributed by atoms with van der Waals surface area (Å²) in [4.78, 5) is 0. The number of rotatable bonds is 3. The summed E-state index contributed by atoms with van der Waals surface area (Å²) in [6.07, 6.45) is 2.12. The lowest BCUT2D eigenvalue weighted by molar-refractivity contribution is 0.159. The normalized spacial score (nSPS) is 18.2. The van der Waals surface area contributed by atoms with Gasteiger partial charge in [-0.1, -0.05) is 12.8 Å². The molecule has 0 spiro atoms. The standard InChI is InChI=1S/C11H12F2O/c12-9-4-8(5-10(13)6-9)11(14)3-7-1-2-7/h4-7,11,14H,1-3H2. The van der Waals surface area contributed by atoms with Crippen molar-refractivity contribution in [2.24, 2.45) is 5.92 Å². The summed E-state index contributed by atoms with van der Waals surface area (Å²) >= 11 is 0. The molecule has 0 bridgehead atoms. The Hall–Kier alpha value is -0.960. The average molecular weight is 198 g/mol. The predicted octanol–water partition coefficient (Wildman–Crippen LogP) is 2.80. The van der Waals surface area contributed by atoms with E-state index in [-0.39, 0.29) is 0 Å². The van der Waals surface area contributed by atoms with E-state index in [9.17, 15) is 13.9 Å². The van der Waals surface area contributed by atoms with Crippen LogP contribution in [0.2, 0.25) is 0 Å². The summed E-state index contributed by atoms with van der Waals surface area (Å²) in [5, 5.41) is 9.65. The van der Waals surface area contributed by atoms with E-state index in [0.717, 1.165) is 18.9 Å². The first-order chi connectivity index (χ1) is 6.65. The third kappa shape index (κ3) is 2.29. The molecular weight excluding hydrogens is 186 g/mol. The van der Waals surface area contributed by atoms with Crippen LogP contribution in [-0.2, 0) is 0 Å². The van der Waals surface area contributed by atoms with Gasteiger partial charge in [0.15, 0.2) is 0 Å². The molecule has 1 aliphatic rings. The molecule has 1 aliphatic carbocycles. The first kappa shape index (κ1) is 9.59. The highest BCUT2D eigenvalue weighted by atomic mass is 19.1. The maximum atomic E-state index is 12.8. The Morgan fingerprint density at radius 3 is 2.29 bits per heavy atom. The van der Waals surface area contributed by atoms with Crippen molar-refractivity contribution in [1.29, 1.82) is 0 Å². The van der Waals surface area contributed by atoms with Gasteiger partial charge in [-0.25, -0.2) is 8.78 Å². The molecule has 0 heterocycles. The zero-order valence-electron chi connectivity index (χ0n) is 7.71. The quantitative estimate of drug-likeness (QED) is 0.791. The van der Waals surface area contributed by atoms with Crippen LogP contribution in [0.25, 0.3) is 0 Å². The minimum absolute atomic E-state index is 0.342. The van der Waals surface area contributed by atoms with Gasteiger partial charge in [0.05, 0.1) is 6.10 Å². The number of aliphatic hydroxyl groups is 1. The fraction of sp³-hybridized carbons (Fsp3) is 0.455. The van der Waals surface area contributed by atoms with Crippen molar-refractivity contribution in [3.05, 3.63) is 35.4 Å². The van der Waals surface area contributed by atoms with Crippen LogP contribution in [0.5, 0.6) is 0 Å². The second-order valence-corrected chi connectivity index (χ2v) is 3.90. The van der Waals surface area contributed by atoms with Gasteiger partial charge in [0.1, 0.15) is 11.6 Å². The van der Waals surface area contributed by atoms with Gasteiger partial charge >= 0.3 is 0 Å². The minimum atomic E-state index is -0.729. The van der Waals surface area contributed by atoms with Crippen molar-refractivity contribution in [3.63, 3.8) is 0 Å². The molecule has 1 nitrogen and oxygen atoms in total. The van der Waals surface area contributed by atoms with Crippen LogP contribution in [0, 0.1) is 17.6 Å². The van der Waals surface area contributed by atoms with Crippen molar-refractivity contribution in [3.8, 4) is 0 Å². The van der Waals surface area contributed by atoms with Crippen LogP contribution < -0.4 is 0 Å². The van der Waals surface area contributed by atoms with Crippen molar-refractivity contribution >= 4 is 0 Å². The molecule has 1 aromatic carbocycles. The predicted molar refractivity (Wildman–Crippen MR) is 48.7 cm³/mol. The fourth-order valence-electron chi connectivity index (χ4n) is 1.57. The van der Waals surface area contributed by atoms with E-state index < -0.39 is 17.7 Å². The van der Waals surface area contributed by atoms with Gasteiger partial charge in [-0.15, -0.1) is 0 Å². The number of hydrogen-bond acceptors (Lipinski definition) is 1. The molecule has 3 heteroatoms. The molecule has 0 aromatic heterocycles. The first-order valence-corrected chi connectivity index (χ1v) is 4.79. The Balaban J connectivity index is 2.12. The van der Waals surface area contributed by atoms with Gasteiger partial charge < -0.3 is 5.11 Å². The van der Waals surface area contributed by atoms with Crippen molar-refractivity contribution < 1.29 is 13.9 Å². The summed E-state index contributed by atoms with van der Waals surface area (Å²) in [5.74, 6) is -0.721. The molecule has 1 unspecified atom stereocenters. The minimum Gasteiger partial charge on any atom is -0.388 e. The van der Waals surface area contributed by atoms with E-state index in [1.807, 2.05) is 0 Å². The number of halogens is 2. The van der Waals surface area contributed by atoms with Crippen molar-refractivity contribution in [1.82, 2.24) is 0 Å². The molecular formula is C11H12F2O.